The van der Waals surface area contributed by atoms with E-state index in [1.807, 2.05) is 80.6 Å². The van der Waals surface area contributed by atoms with Gasteiger partial charge in [0.25, 0.3) is 5.91 Å². The van der Waals surface area contributed by atoms with Crippen molar-refractivity contribution in [2.75, 3.05) is 5.32 Å². The van der Waals surface area contributed by atoms with Crippen LogP contribution in [-0.2, 0) is 11.3 Å². The second-order valence-electron chi connectivity index (χ2n) is 6.55. The van der Waals surface area contributed by atoms with Crippen LogP contribution in [-0.4, -0.2) is 11.8 Å². The highest BCUT2D eigenvalue weighted by atomic mass is 16.2. The minimum Gasteiger partial charge on any atom is -0.348 e. The zero-order valence-electron chi connectivity index (χ0n) is 15.0. The minimum atomic E-state index is -0.0982. The zero-order valence-corrected chi connectivity index (χ0v) is 15.0. The third-order valence-electron chi connectivity index (χ3n) is 4.23. The molecule has 0 saturated heterocycles. The van der Waals surface area contributed by atoms with Gasteiger partial charge in [0.05, 0.1) is 0 Å². The van der Waals surface area contributed by atoms with E-state index in [0.717, 1.165) is 22.0 Å². The van der Waals surface area contributed by atoms with Crippen molar-refractivity contribution in [3.8, 4) is 0 Å². The number of fused-ring (bicyclic) bond motifs is 1. The van der Waals surface area contributed by atoms with E-state index in [2.05, 4.69) is 10.6 Å². The van der Waals surface area contributed by atoms with Crippen molar-refractivity contribution in [1.82, 2.24) is 5.32 Å². The fourth-order valence-corrected chi connectivity index (χ4v) is 2.69. The van der Waals surface area contributed by atoms with Crippen molar-refractivity contribution in [3.05, 3.63) is 77.9 Å². The molecule has 3 aromatic carbocycles. The molecule has 0 aliphatic rings. The Morgan fingerprint density at radius 1 is 0.885 bits per heavy atom. The molecule has 0 spiro atoms. The molecule has 4 heteroatoms. The Morgan fingerprint density at radius 2 is 1.58 bits per heavy atom. The lowest BCUT2D eigenvalue weighted by Crippen LogP contribution is -2.23. The molecular formula is C22H22N2O2. The highest BCUT2D eigenvalue weighted by molar-refractivity contribution is 6.07. The monoisotopic (exact) mass is 346 g/mol. The van der Waals surface area contributed by atoms with Gasteiger partial charge in [-0.1, -0.05) is 62.4 Å². The molecule has 3 aromatic rings. The molecule has 3 rings (SSSR count). The molecule has 0 aliphatic heterocycles. The molecule has 2 amide bonds. The number of anilines is 1. The average Bonchev–Trinajstić information content (AvgIpc) is 2.66. The van der Waals surface area contributed by atoms with Gasteiger partial charge in [0.2, 0.25) is 5.91 Å². The van der Waals surface area contributed by atoms with Gasteiger partial charge in [0, 0.05) is 23.7 Å². The smallest absolute Gasteiger partial charge is 0.252 e. The molecule has 0 fully saturated rings. The van der Waals surface area contributed by atoms with Crippen LogP contribution in [0.2, 0.25) is 0 Å². The Hall–Kier alpha value is -3.14. The predicted molar refractivity (Wildman–Crippen MR) is 105 cm³/mol. The Morgan fingerprint density at radius 3 is 2.31 bits per heavy atom. The highest BCUT2D eigenvalue weighted by Gasteiger charge is 2.10. The number of hydrogen-bond donors (Lipinski definition) is 2. The van der Waals surface area contributed by atoms with Crippen LogP contribution in [0.15, 0.2) is 66.7 Å². The molecule has 0 bridgehead atoms. The first kappa shape index (κ1) is 17.7. The normalized spacial score (nSPS) is 10.7. The Bertz CT molecular complexity index is 925. The first-order chi connectivity index (χ1) is 12.5. The summed E-state index contributed by atoms with van der Waals surface area (Å²) in [5, 5.41) is 7.80. The number of rotatable bonds is 5. The fourth-order valence-electron chi connectivity index (χ4n) is 2.69. The van der Waals surface area contributed by atoms with Crippen molar-refractivity contribution >= 4 is 28.3 Å². The number of amides is 2. The van der Waals surface area contributed by atoms with Gasteiger partial charge in [-0.3, -0.25) is 9.59 Å². The first-order valence-electron chi connectivity index (χ1n) is 8.70. The molecule has 0 atom stereocenters. The lowest BCUT2D eigenvalue weighted by atomic mass is 10.0. The molecule has 0 heterocycles. The summed E-state index contributed by atoms with van der Waals surface area (Å²) in [7, 11) is 0. The number of nitrogens with one attached hydrogen (secondary N) is 2. The summed E-state index contributed by atoms with van der Waals surface area (Å²) < 4.78 is 0. The predicted octanol–water partition coefficient (Wildman–Crippen LogP) is 4.36. The summed E-state index contributed by atoms with van der Waals surface area (Å²) in [6.07, 6.45) is 0. The second kappa shape index (κ2) is 7.83. The van der Waals surface area contributed by atoms with Crippen molar-refractivity contribution < 1.29 is 9.59 Å². The summed E-state index contributed by atoms with van der Waals surface area (Å²) in [6.45, 7) is 4.14. The van der Waals surface area contributed by atoms with Crippen LogP contribution in [0, 0.1) is 5.92 Å². The van der Waals surface area contributed by atoms with E-state index < -0.39 is 0 Å². The molecule has 0 unspecified atom stereocenters. The molecule has 0 saturated carbocycles. The lowest BCUT2D eigenvalue weighted by molar-refractivity contribution is -0.118. The average molecular weight is 346 g/mol. The molecule has 132 valence electrons. The lowest BCUT2D eigenvalue weighted by Gasteiger charge is -2.10. The van der Waals surface area contributed by atoms with Gasteiger partial charge >= 0.3 is 0 Å². The summed E-state index contributed by atoms with van der Waals surface area (Å²) in [5.41, 5.74) is 2.40. The van der Waals surface area contributed by atoms with Gasteiger partial charge in [-0.15, -0.1) is 0 Å². The van der Waals surface area contributed by atoms with Crippen LogP contribution in [0.5, 0.6) is 0 Å². The second-order valence-corrected chi connectivity index (χ2v) is 6.55. The van der Waals surface area contributed by atoms with E-state index in [9.17, 15) is 9.59 Å². The maximum absolute atomic E-state index is 12.6. The molecule has 4 nitrogen and oxygen atoms in total. The zero-order chi connectivity index (χ0) is 18.5. The van der Waals surface area contributed by atoms with Crippen LogP contribution < -0.4 is 10.6 Å². The Labute approximate surface area is 153 Å². The van der Waals surface area contributed by atoms with Crippen LogP contribution in [0.1, 0.15) is 29.8 Å². The van der Waals surface area contributed by atoms with E-state index in [4.69, 9.17) is 0 Å². The van der Waals surface area contributed by atoms with Gasteiger partial charge in [-0.25, -0.2) is 0 Å². The summed E-state index contributed by atoms with van der Waals surface area (Å²) in [6, 6.07) is 21.1. The SMILES string of the molecule is CC(C)C(=O)Nc1ccc(CNC(=O)c2cccc3ccccc23)cc1. The highest BCUT2D eigenvalue weighted by Crippen LogP contribution is 2.18. The van der Waals surface area contributed by atoms with Gasteiger partial charge < -0.3 is 10.6 Å². The van der Waals surface area contributed by atoms with Crippen molar-refractivity contribution in [3.63, 3.8) is 0 Å². The molecule has 2 N–H and O–H groups in total. The number of carbonyl (C=O) groups excluding carboxylic acids is 2. The van der Waals surface area contributed by atoms with E-state index in [-0.39, 0.29) is 17.7 Å². The molecule has 0 aliphatic carbocycles. The van der Waals surface area contributed by atoms with Crippen LogP contribution in [0.3, 0.4) is 0 Å². The van der Waals surface area contributed by atoms with Crippen LogP contribution >= 0.6 is 0 Å². The quantitative estimate of drug-likeness (QED) is 0.721. The van der Waals surface area contributed by atoms with Crippen LogP contribution in [0.4, 0.5) is 5.69 Å². The number of hydrogen-bond acceptors (Lipinski definition) is 2. The maximum atomic E-state index is 12.6. The number of benzene rings is 3. The van der Waals surface area contributed by atoms with Crippen molar-refractivity contribution in [2.45, 2.75) is 20.4 Å². The minimum absolute atomic E-state index is 0.0120. The van der Waals surface area contributed by atoms with Gasteiger partial charge in [-0.2, -0.15) is 0 Å². The standard InChI is InChI=1S/C22H22N2O2/c1-15(2)21(25)24-18-12-10-16(11-13-18)14-23-22(26)20-9-5-7-17-6-3-4-8-19(17)20/h3-13,15H,14H2,1-2H3,(H,23,26)(H,24,25). The van der Waals surface area contributed by atoms with Gasteiger partial charge in [0.1, 0.15) is 0 Å². The maximum Gasteiger partial charge on any atom is 0.252 e. The van der Waals surface area contributed by atoms with E-state index in [1.165, 1.54) is 0 Å². The number of carbonyl (C=O) groups is 2. The van der Waals surface area contributed by atoms with E-state index >= 15 is 0 Å². The summed E-state index contributed by atoms with van der Waals surface area (Å²) >= 11 is 0. The Kier molecular flexibility index (Phi) is 5.32. The fraction of sp³-hybridized carbons (Fsp3) is 0.182. The van der Waals surface area contributed by atoms with Gasteiger partial charge in [-0.05, 0) is 34.5 Å². The van der Waals surface area contributed by atoms with E-state index in [0.29, 0.717) is 12.1 Å². The molecule has 26 heavy (non-hydrogen) atoms. The summed E-state index contributed by atoms with van der Waals surface area (Å²) in [4.78, 5) is 24.3. The van der Waals surface area contributed by atoms with Gasteiger partial charge in [0.15, 0.2) is 0 Å². The molecule has 0 radical (unpaired) electrons. The molecular weight excluding hydrogens is 324 g/mol. The first-order valence-corrected chi connectivity index (χ1v) is 8.70. The topological polar surface area (TPSA) is 58.2 Å². The van der Waals surface area contributed by atoms with Crippen LogP contribution in [0.25, 0.3) is 10.8 Å². The third kappa shape index (κ3) is 4.09. The molecule has 0 aromatic heterocycles. The largest absolute Gasteiger partial charge is 0.348 e. The Balaban J connectivity index is 1.65. The summed E-state index contributed by atoms with van der Waals surface area (Å²) in [5.74, 6) is -0.171. The van der Waals surface area contributed by atoms with Crippen molar-refractivity contribution in [2.24, 2.45) is 5.92 Å². The van der Waals surface area contributed by atoms with E-state index in [1.54, 1.807) is 0 Å². The van der Waals surface area contributed by atoms with Crippen molar-refractivity contribution in [1.29, 1.82) is 0 Å². The third-order valence-corrected chi connectivity index (χ3v) is 4.23.